The van der Waals surface area contributed by atoms with Crippen molar-refractivity contribution in [2.75, 3.05) is 20.7 Å². The molecule has 24 heavy (non-hydrogen) atoms. The number of carbonyl (C=O) groups is 1. The Morgan fingerprint density at radius 1 is 1.25 bits per heavy atom. The molecule has 5 nitrogen and oxygen atoms in total. The van der Waals surface area contributed by atoms with E-state index in [9.17, 15) is 4.79 Å². The summed E-state index contributed by atoms with van der Waals surface area (Å²) < 4.78 is 6.60. The number of hydrogen-bond donors (Lipinski definition) is 1. The summed E-state index contributed by atoms with van der Waals surface area (Å²) in [5.41, 5.74) is 4.38. The SMILES string of the molecule is CN(C)Cc1cc(Br)ccc1OCC(=O)N/N=C/c1ccccc1. The Balaban J connectivity index is 1.88. The van der Waals surface area contributed by atoms with Gasteiger partial charge < -0.3 is 9.64 Å². The third-order valence-corrected chi connectivity index (χ3v) is 3.56. The summed E-state index contributed by atoms with van der Waals surface area (Å²) >= 11 is 3.45. The highest BCUT2D eigenvalue weighted by atomic mass is 79.9. The molecular weight excluding hydrogens is 370 g/mol. The normalized spacial score (nSPS) is 11.0. The fourth-order valence-corrected chi connectivity index (χ4v) is 2.46. The highest BCUT2D eigenvalue weighted by Crippen LogP contribution is 2.24. The third kappa shape index (κ3) is 6.14. The summed E-state index contributed by atoms with van der Waals surface area (Å²) in [7, 11) is 3.96. The molecule has 0 saturated heterocycles. The van der Waals surface area contributed by atoms with Gasteiger partial charge in [-0.1, -0.05) is 46.3 Å². The van der Waals surface area contributed by atoms with Crippen molar-refractivity contribution in [1.82, 2.24) is 10.3 Å². The van der Waals surface area contributed by atoms with Crippen LogP contribution in [0.2, 0.25) is 0 Å². The molecule has 1 amide bonds. The minimum atomic E-state index is -0.305. The van der Waals surface area contributed by atoms with E-state index < -0.39 is 0 Å². The molecule has 2 aromatic carbocycles. The van der Waals surface area contributed by atoms with E-state index in [2.05, 4.69) is 26.5 Å². The fourth-order valence-electron chi connectivity index (χ4n) is 2.05. The van der Waals surface area contributed by atoms with Crippen molar-refractivity contribution in [2.45, 2.75) is 6.54 Å². The number of hydrogen-bond acceptors (Lipinski definition) is 4. The fraction of sp³-hybridized carbons (Fsp3) is 0.222. The van der Waals surface area contributed by atoms with Gasteiger partial charge in [0.1, 0.15) is 5.75 Å². The van der Waals surface area contributed by atoms with E-state index in [0.717, 1.165) is 22.1 Å². The molecule has 0 atom stereocenters. The number of hydrazone groups is 1. The number of rotatable bonds is 7. The lowest BCUT2D eigenvalue weighted by atomic mass is 10.2. The van der Waals surface area contributed by atoms with Crippen LogP contribution in [-0.2, 0) is 11.3 Å². The highest BCUT2D eigenvalue weighted by Gasteiger charge is 2.08. The van der Waals surface area contributed by atoms with Crippen LogP contribution in [0.1, 0.15) is 11.1 Å². The number of carbonyl (C=O) groups excluding carboxylic acids is 1. The van der Waals surface area contributed by atoms with Crippen LogP contribution in [0.15, 0.2) is 58.1 Å². The lowest BCUT2D eigenvalue weighted by Crippen LogP contribution is -2.25. The van der Waals surface area contributed by atoms with Gasteiger partial charge in [0.15, 0.2) is 6.61 Å². The maximum atomic E-state index is 11.8. The Hall–Kier alpha value is -2.18. The quantitative estimate of drug-likeness (QED) is 0.584. The molecule has 0 unspecified atom stereocenters. The number of benzene rings is 2. The number of nitrogens with one attached hydrogen (secondary N) is 1. The van der Waals surface area contributed by atoms with Gasteiger partial charge in [0.25, 0.3) is 5.91 Å². The number of halogens is 1. The van der Waals surface area contributed by atoms with Gasteiger partial charge in [0, 0.05) is 16.6 Å². The van der Waals surface area contributed by atoms with Crippen molar-refractivity contribution >= 4 is 28.1 Å². The van der Waals surface area contributed by atoms with Gasteiger partial charge in [0.2, 0.25) is 0 Å². The second-order valence-corrected chi connectivity index (χ2v) is 6.40. The number of ether oxygens (including phenoxy) is 1. The molecule has 0 aliphatic carbocycles. The monoisotopic (exact) mass is 389 g/mol. The zero-order valence-corrected chi connectivity index (χ0v) is 15.3. The smallest absolute Gasteiger partial charge is 0.277 e. The average Bonchev–Trinajstić information content (AvgIpc) is 2.54. The predicted molar refractivity (Wildman–Crippen MR) is 99.2 cm³/mol. The molecule has 0 radical (unpaired) electrons. The molecule has 0 saturated carbocycles. The predicted octanol–water partition coefficient (Wildman–Crippen LogP) is 3.04. The Kier molecular flexibility index (Phi) is 6.96. The van der Waals surface area contributed by atoms with Gasteiger partial charge in [-0.25, -0.2) is 5.43 Å². The molecule has 0 aliphatic rings. The van der Waals surface area contributed by atoms with Crippen LogP contribution in [0, 0.1) is 0 Å². The first kappa shape index (κ1) is 18.2. The molecule has 0 aliphatic heterocycles. The van der Waals surface area contributed by atoms with Crippen molar-refractivity contribution in [3.8, 4) is 5.75 Å². The summed E-state index contributed by atoms with van der Waals surface area (Å²) in [6.45, 7) is 0.636. The average molecular weight is 390 g/mol. The number of nitrogens with zero attached hydrogens (tertiary/aromatic N) is 2. The maximum absolute atomic E-state index is 11.8. The molecular formula is C18H20BrN3O2. The highest BCUT2D eigenvalue weighted by molar-refractivity contribution is 9.10. The minimum Gasteiger partial charge on any atom is -0.483 e. The van der Waals surface area contributed by atoms with Crippen molar-refractivity contribution in [3.05, 3.63) is 64.1 Å². The molecule has 0 bridgehead atoms. The second-order valence-electron chi connectivity index (χ2n) is 5.48. The van der Waals surface area contributed by atoms with E-state index in [1.165, 1.54) is 0 Å². The van der Waals surface area contributed by atoms with Gasteiger partial charge in [0.05, 0.1) is 6.21 Å². The first-order valence-electron chi connectivity index (χ1n) is 7.47. The van der Waals surface area contributed by atoms with Crippen molar-refractivity contribution in [3.63, 3.8) is 0 Å². The molecule has 0 spiro atoms. The Morgan fingerprint density at radius 2 is 2.00 bits per heavy atom. The first-order valence-corrected chi connectivity index (χ1v) is 8.27. The van der Waals surface area contributed by atoms with Gasteiger partial charge in [-0.05, 0) is 37.9 Å². The molecule has 1 N–H and O–H groups in total. The second kappa shape index (κ2) is 9.20. The van der Waals surface area contributed by atoms with E-state index in [4.69, 9.17) is 4.74 Å². The summed E-state index contributed by atoms with van der Waals surface area (Å²) in [5.74, 6) is 0.384. The molecule has 0 fully saturated rings. The standard InChI is InChI=1S/C18H20BrN3O2/c1-22(2)12-15-10-16(19)8-9-17(15)24-13-18(23)21-20-11-14-6-4-3-5-7-14/h3-11H,12-13H2,1-2H3,(H,21,23)/b20-11+. The Morgan fingerprint density at radius 3 is 2.71 bits per heavy atom. The zero-order valence-electron chi connectivity index (χ0n) is 13.7. The zero-order chi connectivity index (χ0) is 17.4. The maximum Gasteiger partial charge on any atom is 0.277 e. The van der Waals surface area contributed by atoms with Crippen LogP contribution in [0.25, 0.3) is 0 Å². The van der Waals surface area contributed by atoms with E-state index in [1.807, 2.05) is 67.5 Å². The summed E-state index contributed by atoms with van der Waals surface area (Å²) in [6, 6.07) is 15.3. The van der Waals surface area contributed by atoms with Crippen LogP contribution in [0.5, 0.6) is 5.75 Å². The summed E-state index contributed by atoms with van der Waals surface area (Å²) in [6.07, 6.45) is 1.59. The molecule has 6 heteroatoms. The summed E-state index contributed by atoms with van der Waals surface area (Å²) in [5, 5.41) is 3.92. The van der Waals surface area contributed by atoms with E-state index in [0.29, 0.717) is 5.75 Å². The van der Waals surface area contributed by atoms with Crippen LogP contribution >= 0.6 is 15.9 Å². The molecule has 2 aromatic rings. The Bertz CT molecular complexity index is 703. The molecule has 0 heterocycles. The Labute approximate surface area is 150 Å². The van der Waals surface area contributed by atoms with Gasteiger partial charge in [-0.2, -0.15) is 5.10 Å². The number of amides is 1. The lowest BCUT2D eigenvalue weighted by Gasteiger charge is -2.15. The lowest BCUT2D eigenvalue weighted by molar-refractivity contribution is -0.123. The minimum absolute atomic E-state index is 0.0891. The van der Waals surface area contributed by atoms with E-state index in [1.54, 1.807) is 6.21 Å². The van der Waals surface area contributed by atoms with E-state index in [-0.39, 0.29) is 12.5 Å². The van der Waals surface area contributed by atoms with Gasteiger partial charge in [-0.3, -0.25) is 4.79 Å². The first-order chi connectivity index (χ1) is 11.5. The third-order valence-electron chi connectivity index (χ3n) is 3.07. The van der Waals surface area contributed by atoms with Crippen molar-refractivity contribution in [1.29, 1.82) is 0 Å². The molecule has 0 aromatic heterocycles. The van der Waals surface area contributed by atoms with Crippen LogP contribution in [-0.4, -0.2) is 37.7 Å². The van der Waals surface area contributed by atoms with Crippen LogP contribution < -0.4 is 10.2 Å². The molecule has 126 valence electrons. The van der Waals surface area contributed by atoms with Gasteiger partial charge in [-0.15, -0.1) is 0 Å². The molecule has 2 rings (SSSR count). The summed E-state index contributed by atoms with van der Waals surface area (Å²) in [4.78, 5) is 13.9. The largest absolute Gasteiger partial charge is 0.483 e. The van der Waals surface area contributed by atoms with E-state index >= 15 is 0 Å². The van der Waals surface area contributed by atoms with Gasteiger partial charge >= 0.3 is 0 Å². The van der Waals surface area contributed by atoms with Crippen molar-refractivity contribution in [2.24, 2.45) is 5.10 Å². The van der Waals surface area contributed by atoms with Crippen LogP contribution in [0.4, 0.5) is 0 Å². The van der Waals surface area contributed by atoms with Crippen LogP contribution in [0.3, 0.4) is 0 Å². The van der Waals surface area contributed by atoms with Crippen molar-refractivity contribution < 1.29 is 9.53 Å². The topological polar surface area (TPSA) is 53.9 Å².